The van der Waals surface area contributed by atoms with Gasteiger partial charge in [0.05, 0.1) is 4.90 Å². The molecule has 0 aliphatic rings. The van der Waals surface area contributed by atoms with E-state index in [0.717, 1.165) is 10.5 Å². The topological polar surface area (TPSA) is 56.3 Å². The summed E-state index contributed by atoms with van der Waals surface area (Å²) >= 11 is 6.35. The Kier molecular flexibility index (Phi) is 6.07. The Morgan fingerprint density at radius 3 is 2.45 bits per heavy atom. The van der Waals surface area contributed by atoms with E-state index in [0.29, 0.717) is 5.75 Å². The number of rotatable bonds is 7. The Morgan fingerprint density at radius 2 is 1.86 bits per heavy atom. The second kappa shape index (κ2) is 7.82. The third-order valence-corrected chi connectivity index (χ3v) is 5.53. The molecule has 1 atom stereocenters. The second-order valence-electron chi connectivity index (χ2n) is 4.53. The number of nitrogens with zero attached hydrogens (tertiary/aromatic N) is 1. The van der Waals surface area contributed by atoms with Gasteiger partial charge in [-0.2, -0.15) is 8.42 Å². The van der Waals surface area contributed by atoms with Crippen molar-refractivity contribution in [2.24, 2.45) is 0 Å². The van der Waals surface area contributed by atoms with Crippen molar-refractivity contribution in [3.05, 3.63) is 54.4 Å². The summed E-state index contributed by atoms with van der Waals surface area (Å²) in [6.45, 7) is 1.89. The van der Waals surface area contributed by atoms with Gasteiger partial charge in [0.25, 0.3) is 10.1 Å². The molecule has 0 N–H and O–H groups in total. The normalized spacial score (nSPS) is 12.8. The van der Waals surface area contributed by atoms with Crippen LogP contribution in [-0.4, -0.2) is 30.6 Å². The number of pyridine rings is 1. The van der Waals surface area contributed by atoms with Crippen LogP contribution in [0.5, 0.6) is 0 Å². The zero-order valence-electron chi connectivity index (χ0n) is 11.9. The van der Waals surface area contributed by atoms with Crippen LogP contribution >= 0.6 is 24.0 Å². The van der Waals surface area contributed by atoms with Gasteiger partial charge in [0.2, 0.25) is 0 Å². The van der Waals surface area contributed by atoms with Gasteiger partial charge in [-0.15, -0.1) is 11.8 Å². The van der Waals surface area contributed by atoms with Crippen LogP contribution in [0.2, 0.25) is 0 Å². The molecule has 0 aliphatic carbocycles. The fourth-order valence-electron chi connectivity index (χ4n) is 1.63. The summed E-state index contributed by atoms with van der Waals surface area (Å²) in [6, 6.07) is 10.2. The van der Waals surface area contributed by atoms with Crippen LogP contribution in [0.1, 0.15) is 5.56 Å². The van der Waals surface area contributed by atoms with Crippen molar-refractivity contribution in [2.75, 3.05) is 5.75 Å². The lowest BCUT2D eigenvalue weighted by atomic mass is 10.2. The van der Waals surface area contributed by atoms with E-state index in [9.17, 15) is 8.42 Å². The highest BCUT2D eigenvalue weighted by Crippen LogP contribution is 2.21. The third-order valence-electron chi connectivity index (χ3n) is 2.78. The standard InChI is InChI=1S/C15H15NO3S3/c1-12-2-4-15(5-3-12)22(17,18)19-13(10-20)11-21-14-6-8-16-9-7-14/h2-10,13H,11H2,1H3. The molecule has 0 saturated heterocycles. The Bertz CT molecular complexity index is 715. The summed E-state index contributed by atoms with van der Waals surface area (Å²) in [5.74, 6) is 0.415. The Labute approximate surface area is 140 Å². The van der Waals surface area contributed by atoms with Crippen LogP contribution in [0.3, 0.4) is 0 Å². The maximum atomic E-state index is 12.2. The predicted molar refractivity (Wildman–Crippen MR) is 91.9 cm³/mol. The predicted octanol–water partition coefficient (Wildman–Crippen LogP) is 3.26. The largest absolute Gasteiger partial charge is 0.297 e. The van der Waals surface area contributed by atoms with E-state index in [-0.39, 0.29) is 4.90 Å². The Hall–Kier alpha value is -1.28. The maximum Gasteiger partial charge on any atom is 0.297 e. The SMILES string of the molecule is Cc1ccc(S(=O)(=O)OC(C=S)CSc2ccncc2)cc1. The highest BCUT2D eigenvalue weighted by atomic mass is 32.2. The van der Waals surface area contributed by atoms with E-state index in [1.807, 2.05) is 19.1 Å². The first-order valence-corrected chi connectivity index (χ1v) is 9.36. The molecule has 0 spiro atoms. The van der Waals surface area contributed by atoms with Crippen LogP contribution in [0.15, 0.2) is 58.6 Å². The van der Waals surface area contributed by atoms with Crippen molar-refractivity contribution < 1.29 is 12.6 Å². The molecule has 1 aromatic carbocycles. The average Bonchev–Trinajstić information content (AvgIpc) is 2.52. The summed E-state index contributed by atoms with van der Waals surface area (Å²) in [6.07, 6.45) is 2.69. The number of benzene rings is 1. The first kappa shape index (κ1) is 17.1. The van der Waals surface area contributed by atoms with E-state index in [1.165, 1.54) is 29.3 Å². The Balaban J connectivity index is 2.02. The highest BCUT2D eigenvalue weighted by Gasteiger charge is 2.20. The maximum absolute atomic E-state index is 12.2. The van der Waals surface area contributed by atoms with Crippen molar-refractivity contribution in [2.45, 2.75) is 22.8 Å². The minimum Gasteiger partial charge on any atom is -0.265 e. The Morgan fingerprint density at radius 1 is 1.23 bits per heavy atom. The zero-order valence-corrected chi connectivity index (χ0v) is 14.3. The van der Waals surface area contributed by atoms with E-state index in [2.05, 4.69) is 4.98 Å². The fourth-order valence-corrected chi connectivity index (χ4v) is 3.92. The number of aryl methyl sites for hydroxylation is 1. The van der Waals surface area contributed by atoms with Crippen molar-refractivity contribution in [1.29, 1.82) is 0 Å². The molecule has 1 aromatic heterocycles. The van der Waals surface area contributed by atoms with E-state index < -0.39 is 16.2 Å². The van der Waals surface area contributed by atoms with Crippen LogP contribution < -0.4 is 0 Å². The lowest BCUT2D eigenvalue weighted by Gasteiger charge is -2.13. The van der Waals surface area contributed by atoms with Gasteiger partial charge in [0, 0.05) is 28.4 Å². The lowest BCUT2D eigenvalue weighted by molar-refractivity contribution is 0.301. The summed E-state index contributed by atoms with van der Waals surface area (Å²) in [5.41, 5.74) is 0.985. The molecule has 0 radical (unpaired) electrons. The van der Waals surface area contributed by atoms with E-state index in [1.54, 1.807) is 24.5 Å². The first-order valence-electron chi connectivity index (χ1n) is 6.49. The molecule has 2 aromatic rings. The highest BCUT2D eigenvalue weighted by molar-refractivity contribution is 7.99. The molecule has 116 valence electrons. The minimum atomic E-state index is -3.82. The molecule has 0 aliphatic heterocycles. The molecular formula is C15H15NO3S3. The molecular weight excluding hydrogens is 338 g/mol. The third kappa shape index (κ3) is 4.88. The van der Waals surface area contributed by atoms with E-state index in [4.69, 9.17) is 16.4 Å². The van der Waals surface area contributed by atoms with Gasteiger partial charge in [-0.05, 0) is 31.2 Å². The molecule has 22 heavy (non-hydrogen) atoms. The average molecular weight is 353 g/mol. The van der Waals surface area contributed by atoms with Crippen LogP contribution in [-0.2, 0) is 14.3 Å². The van der Waals surface area contributed by atoms with Crippen molar-refractivity contribution in [1.82, 2.24) is 4.98 Å². The molecule has 2 rings (SSSR count). The van der Waals surface area contributed by atoms with E-state index >= 15 is 0 Å². The monoisotopic (exact) mass is 353 g/mol. The number of thiocarbonyl (C=S) groups is 1. The summed E-state index contributed by atoms with van der Waals surface area (Å²) in [5, 5.41) is 1.33. The van der Waals surface area contributed by atoms with Gasteiger partial charge >= 0.3 is 0 Å². The van der Waals surface area contributed by atoms with Crippen molar-refractivity contribution in [3.8, 4) is 0 Å². The summed E-state index contributed by atoms with van der Waals surface area (Å²) < 4.78 is 29.6. The molecule has 0 saturated carbocycles. The van der Waals surface area contributed by atoms with Crippen LogP contribution in [0.4, 0.5) is 0 Å². The first-order chi connectivity index (χ1) is 10.5. The second-order valence-corrected chi connectivity index (χ2v) is 7.47. The molecule has 0 fully saturated rings. The van der Waals surface area contributed by atoms with Gasteiger partial charge in [0.15, 0.2) is 0 Å². The zero-order chi connectivity index (χ0) is 16.0. The van der Waals surface area contributed by atoms with Gasteiger partial charge in [-0.25, -0.2) is 0 Å². The minimum absolute atomic E-state index is 0.133. The summed E-state index contributed by atoms with van der Waals surface area (Å²) in [4.78, 5) is 5.04. The van der Waals surface area contributed by atoms with Gasteiger partial charge in [-0.1, -0.05) is 29.9 Å². The van der Waals surface area contributed by atoms with Crippen LogP contribution in [0.25, 0.3) is 0 Å². The van der Waals surface area contributed by atoms with Crippen LogP contribution in [0, 0.1) is 6.92 Å². The molecule has 1 unspecified atom stereocenters. The smallest absolute Gasteiger partial charge is 0.265 e. The summed E-state index contributed by atoms with van der Waals surface area (Å²) in [7, 11) is -3.82. The van der Waals surface area contributed by atoms with Gasteiger partial charge in [-0.3, -0.25) is 9.17 Å². The van der Waals surface area contributed by atoms with Crippen molar-refractivity contribution in [3.63, 3.8) is 0 Å². The lowest BCUT2D eigenvalue weighted by Crippen LogP contribution is -2.21. The molecule has 0 bridgehead atoms. The number of hydrogen-bond donors (Lipinski definition) is 0. The molecule has 1 heterocycles. The van der Waals surface area contributed by atoms with Crippen molar-refractivity contribution >= 4 is 39.5 Å². The molecule has 0 amide bonds. The number of hydrogen-bond acceptors (Lipinski definition) is 6. The fraction of sp³-hybridized carbons (Fsp3) is 0.200. The quantitative estimate of drug-likeness (QED) is 0.433. The molecule has 7 heteroatoms. The van der Waals surface area contributed by atoms with Gasteiger partial charge < -0.3 is 0 Å². The number of aromatic nitrogens is 1. The molecule has 4 nitrogen and oxygen atoms in total. The number of thioether (sulfide) groups is 1. The van der Waals surface area contributed by atoms with Gasteiger partial charge in [0.1, 0.15) is 6.10 Å².